The Kier molecular flexibility index (Phi) is 3.80. The third-order valence-electron chi connectivity index (χ3n) is 4.98. The zero-order valence-electron chi connectivity index (χ0n) is 14.9. The Labute approximate surface area is 161 Å². The number of hydrogen-bond donors (Lipinski definition) is 1. The van der Waals surface area contributed by atoms with Gasteiger partial charge in [0.05, 0.1) is 10.9 Å². The van der Waals surface area contributed by atoms with E-state index in [-0.39, 0.29) is 36.4 Å². The van der Waals surface area contributed by atoms with Gasteiger partial charge in [0, 0.05) is 29.7 Å². The molecule has 9 heteroatoms. The highest BCUT2D eigenvalue weighted by Gasteiger charge is 2.37. The van der Waals surface area contributed by atoms with E-state index in [0.717, 1.165) is 16.5 Å². The summed E-state index contributed by atoms with van der Waals surface area (Å²) < 4.78 is 52.1. The molecule has 1 aliphatic rings. The summed E-state index contributed by atoms with van der Waals surface area (Å²) in [5, 5.41) is 0.965. The zero-order valence-corrected chi connectivity index (χ0v) is 14.9. The predicted molar refractivity (Wildman–Crippen MR) is 99.1 cm³/mol. The molecule has 0 spiro atoms. The van der Waals surface area contributed by atoms with Gasteiger partial charge in [0.15, 0.2) is 11.5 Å². The maximum atomic E-state index is 13.7. The highest BCUT2D eigenvalue weighted by atomic mass is 19.4. The second-order valence-electron chi connectivity index (χ2n) is 6.72. The number of rotatable bonds is 3. The second-order valence-corrected chi connectivity index (χ2v) is 6.72. The molecule has 0 unspecified atom stereocenters. The molecule has 4 aromatic rings. The van der Waals surface area contributed by atoms with Crippen molar-refractivity contribution in [2.24, 2.45) is 0 Å². The van der Waals surface area contributed by atoms with Crippen molar-refractivity contribution in [3.63, 3.8) is 0 Å². The van der Waals surface area contributed by atoms with Crippen LogP contribution in [0.15, 0.2) is 47.4 Å². The molecule has 0 radical (unpaired) electrons. The second kappa shape index (κ2) is 6.26. The van der Waals surface area contributed by atoms with Crippen LogP contribution in [-0.4, -0.2) is 21.3 Å². The summed E-state index contributed by atoms with van der Waals surface area (Å²) in [6, 6.07) is 10.2. The number of hydrogen-bond acceptors (Lipinski definition) is 4. The minimum atomic E-state index is -4.77. The summed E-state index contributed by atoms with van der Waals surface area (Å²) >= 11 is 0. The van der Waals surface area contributed by atoms with Gasteiger partial charge >= 0.3 is 6.18 Å². The number of aromatic nitrogens is 3. The van der Waals surface area contributed by atoms with E-state index in [9.17, 15) is 18.0 Å². The lowest BCUT2D eigenvalue weighted by atomic mass is 10.1. The van der Waals surface area contributed by atoms with Crippen LogP contribution in [0.1, 0.15) is 11.4 Å². The van der Waals surface area contributed by atoms with E-state index in [0.29, 0.717) is 10.3 Å². The lowest BCUT2D eigenvalue weighted by Gasteiger charge is -2.15. The van der Waals surface area contributed by atoms with Crippen molar-refractivity contribution in [1.29, 1.82) is 0 Å². The van der Waals surface area contributed by atoms with E-state index in [1.54, 1.807) is 6.20 Å². The fourth-order valence-corrected chi connectivity index (χ4v) is 3.61. The van der Waals surface area contributed by atoms with Crippen molar-refractivity contribution in [2.75, 3.05) is 6.79 Å². The topological polar surface area (TPSA) is 69.1 Å². The molecule has 0 atom stereocenters. The minimum absolute atomic E-state index is 0.0491. The van der Waals surface area contributed by atoms with Gasteiger partial charge in [-0.15, -0.1) is 0 Å². The average molecular weight is 401 g/mol. The molecule has 6 nitrogen and oxygen atoms in total. The van der Waals surface area contributed by atoms with Gasteiger partial charge in [0.2, 0.25) is 12.6 Å². The molecule has 1 aliphatic heterocycles. The zero-order chi connectivity index (χ0) is 20.2. The summed E-state index contributed by atoms with van der Waals surface area (Å²) in [4.78, 5) is 19.8. The molecule has 0 saturated carbocycles. The normalized spacial score (nSPS) is 13.5. The Morgan fingerprint density at radius 3 is 2.66 bits per heavy atom. The van der Waals surface area contributed by atoms with E-state index in [2.05, 4.69) is 9.97 Å². The maximum Gasteiger partial charge on any atom is 0.449 e. The molecule has 0 saturated heterocycles. The molecule has 0 bridgehead atoms. The van der Waals surface area contributed by atoms with Gasteiger partial charge in [-0.25, -0.2) is 4.98 Å². The van der Waals surface area contributed by atoms with Crippen LogP contribution in [0, 0.1) is 0 Å². The smallest absolute Gasteiger partial charge is 0.449 e. The fourth-order valence-electron chi connectivity index (χ4n) is 3.61. The van der Waals surface area contributed by atoms with Crippen molar-refractivity contribution < 1.29 is 22.6 Å². The number of halogens is 3. The summed E-state index contributed by atoms with van der Waals surface area (Å²) in [6.45, 7) is -0.209. The molecule has 5 rings (SSSR count). The van der Waals surface area contributed by atoms with Crippen molar-refractivity contribution >= 4 is 21.8 Å². The molecular weight excluding hydrogens is 387 g/mol. The SMILES string of the molecule is O=c1c2cc3c(cc2nc(C(F)(F)F)n1CCc1c[nH]c2ccccc12)OCO3. The quantitative estimate of drug-likeness (QED) is 0.566. The predicted octanol–water partition coefficient (Wildman–Crippen LogP) is 3.87. The summed E-state index contributed by atoms with van der Waals surface area (Å²) in [6.07, 6.45) is -2.79. The third kappa shape index (κ3) is 2.89. The van der Waals surface area contributed by atoms with Crippen LogP contribution in [0.4, 0.5) is 13.2 Å². The first-order valence-electron chi connectivity index (χ1n) is 8.88. The van der Waals surface area contributed by atoms with Crippen molar-refractivity contribution in [1.82, 2.24) is 14.5 Å². The largest absolute Gasteiger partial charge is 0.454 e. The maximum absolute atomic E-state index is 13.7. The molecule has 0 aliphatic carbocycles. The van der Waals surface area contributed by atoms with Crippen molar-refractivity contribution in [3.05, 3.63) is 64.3 Å². The fraction of sp³-hybridized carbons (Fsp3) is 0.200. The Hall–Kier alpha value is -3.49. The number of nitrogens with one attached hydrogen (secondary N) is 1. The number of para-hydroxylation sites is 1. The first-order valence-corrected chi connectivity index (χ1v) is 8.88. The van der Waals surface area contributed by atoms with E-state index < -0.39 is 17.6 Å². The number of alkyl halides is 3. The Bertz CT molecular complexity index is 1310. The molecule has 29 heavy (non-hydrogen) atoms. The van der Waals surface area contributed by atoms with Crippen LogP contribution >= 0.6 is 0 Å². The molecule has 3 heterocycles. The van der Waals surface area contributed by atoms with Crippen LogP contribution in [0.3, 0.4) is 0 Å². The third-order valence-corrected chi connectivity index (χ3v) is 4.98. The van der Waals surface area contributed by atoms with E-state index in [1.165, 1.54) is 12.1 Å². The van der Waals surface area contributed by atoms with Crippen LogP contribution in [0.2, 0.25) is 0 Å². The van der Waals surface area contributed by atoms with Crippen LogP contribution in [0.5, 0.6) is 11.5 Å². The Morgan fingerprint density at radius 1 is 1.10 bits per heavy atom. The Morgan fingerprint density at radius 2 is 1.86 bits per heavy atom. The number of benzene rings is 2. The van der Waals surface area contributed by atoms with Crippen molar-refractivity contribution in [2.45, 2.75) is 19.1 Å². The monoisotopic (exact) mass is 401 g/mol. The van der Waals surface area contributed by atoms with E-state index >= 15 is 0 Å². The molecule has 2 aromatic heterocycles. The van der Waals surface area contributed by atoms with Gasteiger partial charge in [0.25, 0.3) is 5.56 Å². The summed E-state index contributed by atoms with van der Waals surface area (Å²) in [5.74, 6) is -0.637. The lowest BCUT2D eigenvalue weighted by molar-refractivity contribution is -0.148. The van der Waals surface area contributed by atoms with Gasteiger partial charge in [-0.1, -0.05) is 18.2 Å². The first kappa shape index (κ1) is 17.6. The number of aryl methyl sites for hydroxylation is 1. The number of ether oxygens (including phenoxy) is 2. The molecule has 0 fully saturated rings. The molecule has 1 N–H and O–H groups in total. The number of nitrogens with zero attached hydrogens (tertiary/aromatic N) is 2. The highest BCUT2D eigenvalue weighted by molar-refractivity contribution is 5.83. The van der Waals surface area contributed by atoms with E-state index in [1.807, 2.05) is 24.3 Å². The molecular formula is C20H14F3N3O3. The molecule has 2 aromatic carbocycles. The molecule has 0 amide bonds. The van der Waals surface area contributed by atoms with Gasteiger partial charge in [-0.3, -0.25) is 9.36 Å². The number of fused-ring (bicyclic) bond motifs is 3. The molecule has 148 valence electrons. The van der Waals surface area contributed by atoms with E-state index in [4.69, 9.17) is 9.47 Å². The number of aromatic amines is 1. The van der Waals surface area contributed by atoms with Gasteiger partial charge in [0.1, 0.15) is 0 Å². The van der Waals surface area contributed by atoms with Crippen LogP contribution in [-0.2, 0) is 19.1 Å². The van der Waals surface area contributed by atoms with Crippen LogP contribution < -0.4 is 15.0 Å². The first-order chi connectivity index (χ1) is 13.9. The van der Waals surface area contributed by atoms with Gasteiger partial charge < -0.3 is 14.5 Å². The summed E-state index contributed by atoms with van der Waals surface area (Å²) in [5.41, 5.74) is 0.872. The van der Waals surface area contributed by atoms with Crippen LogP contribution in [0.25, 0.3) is 21.8 Å². The minimum Gasteiger partial charge on any atom is -0.454 e. The number of H-pyrrole nitrogens is 1. The Balaban J connectivity index is 1.62. The lowest BCUT2D eigenvalue weighted by Crippen LogP contribution is -2.30. The average Bonchev–Trinajstić information content (AvgIpc) is 3.31. The van der Waals surface area contributed by atoms with Gasteiger partial charge in [-0.2, -0.15) is 13.2 Å². The van der Waals surface area contributed by atoms with Crippen molar-refractivity contribution in [3.8, 4) is 11.5 Å². The van der Waals surface area contributed by atoms with Gasteiger partial charge in [-0.05, 0) is 24.1 Å². The highest BCUT2D eigenvalue weighted by Crippen LogP contribution is 2.36. The standard InChI is InChI=1S/C20H14F3N3O3/c21-20(22,23)19-25-15-8-17-16(28-10-29-17)7-13(15)18(27)26(19)6-5-11-9-24-14-4-2-1-3-12(11)14/h1-4,7-9,24H,5-6,10H2. The summed E-state index contributed by atoms with van der Waals surface area (Å²) in [7, 11) is 0.